The van der Waals surface area contributed by atoms with Crippen molar-refractivity contribution in [2.75, 3.05) is 0 Å². The number of halogens is 5. The first-order chi connectivity index (χ1) is 16.2. The number of nitrogens with one attached hydrogen (secondary N) is 2. The normalized spacial score (nSPS) is 11.6. The van der Waals surface area contributed by atoms with Crippen LogP contribution in [-0.4, -0.2) is 24.3 Å². The van der Waals surface area contributed by atoms with Crippen LogP contribution in [0.2, 0.25) is 10.0 Å². The van der Waals surface area contributed by atoms with E-state index in [0.29, 0.717) is 21.2 Å². The molecule has 3 aromatic carbocycles. The number of benzene rings is 3. The zero-order valence-electron chi connectivity index (χ0n) is 17.2. The minimum absolute atomic E-state index is 0.210. The van der Waals surface area contributed by atoms with Gasteiger partial charge in [-0.1, -0.05) is 53.5 Å². The number of alkyl halides is 3. The monoisotopic (exact) mass is 505 g/mol. The molecule has 0 bridgehead atoms. The van der Waals surface area contributed by atoms with Crippen LogP contribution in [0.1, 0.15) is 27.0 Å². The van der Waals surface area contributed by atoms with E-state index in [-0.39, 0.29) is 11.5 Å². The topological polar surface area (TPSA) is 78.2 Å². The van der Waals surface area contributed by atoms with Crippen LogP contribution in [-0.2, 0) is 6.18 Å². The Morgan fingerprint density at radius 2 is 1.29 bits per heavy atom. The number of carbonyl (C=O) groups is 1. The summed E-state index contributed by atoms with van der Waals surface area (Å²) in [5.74, 6) is -1.14. The molecule has 0 heterocycles. The van der Waals surface area contributed by atoms with Gasteiger partial charge in [-0.25, -0.2) is 10.9 Å². The van der Waals surface area contributed by atoms with Gasteiger partial charge >= 0.3 is 6.18 Å². The van der Waals surface area contributed by atoms with Crippen molar-refractivity contribution < 1.29 is 18.0 Å². The van der Waals surface area contributed by atoms with Crippen LogP contribution >= 0.6 is 23.2 Å². The van der Waals surface area contributed by atoms with Crippen molar-refractivity contribution in [2.45, 2.75) is 6.18 Å². The van der Waals surface area contributed by atoms with E-state index < -0.39 is 17.6 Å². The molecule has 0 saturated carbocycles. The van der Waals surface area contributed by atoms with Gasteiger partial charge in [-0.05, 0) is 53.6 Å². The zero-order chi connectivity index (χ0) is 24.6. The van der Waals surface area contributed by atoms with E-state index in [1.54, 1.807) is 48.5 Å². The number of hydrazone groups is 2. The van der Waals surface area contributed by atoms with Crippen molar-refractivity contribution in [3.8, 4) is 0 Å². The molecule has 0 aliphatic heterocycles. The van der Waals surface area contributed by atoms with Gasteiger partial charge in [0.05, 0.1) is 18.0 Å². The molecule has 34 heavy (non-hydrogen) atoms. The second-order valence-corrected chi connectivity index (χ2v) is 7.56. The van der Waals surface area contributed by atoms with Gasteiger partial charge in [-0.2, -0.15) is 28.4 Å². The van der Waals surface area contributed by atoms with E-state index in [1.165, 1.54) is 18.5 Å². The molecule has 0 aromatic heterocycles. The Morgan fingerprint density at radius 1 is 0.794 bits per heavy atom. The molecule has 0 fully saturated rings. The second-order valence-electron chi connectivity index (χ2n) is 6.69. The van der Waals surface area contributed by atoms with E-state index in [4.69, 9.17) is 23.2 Å². The molecule has 2 N–H and O–H groups in total. The summed E-state index contributed by atoms with van der Waals surface area (Å²) >= 11 is 11.7. The van der Waals surface area contributed by atoms with E-state index >= 15 is 0 Å². The summed E-state index contributed by atoms with van der Waals surface area (Å²) < 4.78 is 38.9. The van der Waals surface area contributed by atoms with Gasteiger partial charge < -0.3 is 0 Å². The molecule has 174 valence electrons. The largest absolute Gasteiger partial charge is 0.416 e. The van der Waals surface area contributed by atoms with Crippen molar-refractivity contribution >= 4 is 47.5 Å². The quantitative estimate of drug-likeness (QED) is 0.263. The Morgan fingerprint density at radius 3 is 1.76 bits per heavy atom. The number of carbonyl (C=O) groups excluding carboxylic acids is 1. The lowest BCUT2D eigenvalue weighted by atomic mass is 10.1. The van der Waals surface area contributed by atoms with E-state index in [0.717, 1.165) is 18.2 Å². The molecule has 6 nitrogen and oxygen atoms in total. The number of aliphatic imine (C=N–C) groups is 1. The summed E-state index contributed by atoms with van der Waals surface area (Å²) in [6.45, 7) is 0. The number of guanidine groups is 1. The van der Waals surface area contributed by atoms with Crippen LogP contribution in [0.4, 0.5) is 13.2 Å². The molecular formula is C23H16Cl2F3N5O. The molecule has 11 heteroatoms. The molecule has 0 atom stereocenters. The summed E-state index contributed by atoms with van der Waals surface area (Å²) in [6.07, 6.45) is -1.72. The number of amides is 1. The van der Waals surface area contributed by atoms with Gasteiger partial charge in [0, 0.05) is 15.6 Å². The summed E-state index contributed by atoms with van der Waals surface area (Å²) in [5.41, 5.74) is 5.23. The van der Waals surface area contributed by atoms with Gasteiger partial charge in [0.2, 0.25) is 5.96 Å². The fourth-order valence-corrected chi connectivity index (χ4v) is 2.76. The third-order valence-electron chi connectivity index (χ3n) is 4.16. The predicted octanol–water partition coefficient (Wildman–Crippen LogP) is 5.76. The minimum Gasteiger partial charge on any atom is -0.267 e. The lowest BCUT2D eigenvalue weighted by molar-refractivity contribution is -0.137. The summed E-state index contributed by atoms with van der Waals surface area (Å²) in [5, 5.41) is 9.06. The minimum atomic E-state index is -4.59. The van der Waals surface area contributed by atoms with Crippen LogP contribution in [0, 0.1) is 0 Å². The zero-order valence-corrected chi connectivity index (χ0v) is 18.7. The smallest absolute Gasteiger partial charge is 0.267 e. The molecular weight excluding hydrogens is 490 g/mol. The fraction of sp³-hybridized carbons (Fsp3) is 0.0435. The molecule has 0 spiro atoms. The van der Waals surface area contributed by atoms with Gasteiger partial charge in [0.1, 0.15) is 0 Å². The Hall–Kier alpha value is -3.69. The second kappa shape index (κ2) is 11.4. The number of nitrogens with zero attached hydrogens (tertiary/aromatic N) is 3. The van der Waals surface area contributed by atoms with Crippen LogP contribution in [0.15, 0.2) is 88.0 Å². The highest BCUT2D eigenvalue weighted by Crippen LogP contribution is 2.29. The molecule has 3 aromatic rings. The van der Waals surface area contributed by atoms with Gasteiger partial charge in [-0.15, -0.1) is 0 Å². The first-order valence-corrected chi connectivity index (χ1v) is 10.4. The number of hydrogen-bond acceptors (Lipinski definition) is 3. The van der Waals surface area contributed by atoms with E-state index in [2.05, 4.69) is 26.0 Å². The Kier molecular flexibility index (Phi) is 8.39. The standard InChI is InChI=1S/C23H16Cl2F3N5O/c24-19-8-4-15(5-9-19)13-29-32-22(33-30-14-16-6-10-20(25)11-7-16)31-21(34)17-2-1-3-18(12-17)23(26,27)28/h1-14H,(H2,31,32,33,34). The first kappa shape index (κ1) is 24.9. The van der Waals surface area contributed by atoms with E-state index in [1.807, 2.05) is 0 Å². The third kappa shape index (κ3) is 7.72. The molecule has 0 aliphatic carbocycles. The molecule has 0 saturated heterocycles. The fourth-order valence-electron chi connectivity index (χ4n) is 2.50. The molecule has 1 amide bonds. The SMILES string of the molecule is O=C(N=C(NN=Cc1ccc(Cl)cc1)NN=Cc1ccc(Cl)cc1)c1cccc(C(F)(F)F)c1. The lowest BCUT2D eigenvalue weighted by Crippen LogP contribution is -2.32. The van der Waals surface area contributed by atoms with Crippen LogP contribution in [0.25, 0.3) is 0 Å². The Bertz CT molecular complexity index is 1170. The average molecular weight is 506 g/mol. The predicted molar refractivity (Wildman–Crippen MR) is 128 cm³/mol. The number of rotatable bonds is 5. The molecule has 0 unspecified atom stereocenters. The van der Waals surface area contributed by atoms with Crippen LogP contribution in [0.5, 0.6) is 0 Å². The third-order valence-corrected chi connectivity index (χ3v) is 4.66. The first-order valence-electron chi connectivity index (χ1n) is 9.60. The molecule has 3 rings (SSSR count). The molecule has 0 aliphatic rings. The highest BCUT2D eigenvalue weighted by molar-refractivity contribution is 6.30. The van der Waals surface area contributed by atoms with Gasteiger partial charge in [-0.3, -0.25) is 4.79 Å². The lowest BCUT2D eigenvalue weighted by Gasteiger charge is -2.08. The van der Waals surface area contributed by atoms with Crippen molar-refractivity contribution in [1.29, 1.82) is 0 Å². The summed E-state index contributed by atoms with van der Waals surface area (Å²) in [7, 11) is 0. The van der Waals surface area contributed by atoms with Crippen molar-refractivity contribution in [3.05, 3.63) is 105 Å². The van der Waals surface area contributed by atoms with Crippen molar-refractivity contribution in [3.63, 3.8) is 0 Å². The van der Waals surface area contributed by atoms with Crippen molar-refractivity contribution in [1.82, 2.24) is 10.9 Å². The summed E-state index contributed by atoms with van der Waals surface area (Å²) in [6, 6.07) is 17.5. The molecule has 0 radical (unpaired) electrons. The maximum atomic E-state index is 13.0. The van der Waals surface area contributed by atoms with Crippen LogP contribution < -0.4 is 10.9 Å². The number of hydrogen-bond donors (Lipinski definition) is 2. The Balaban J connectivity index is 1.80. The van der Waals surface area contributed by atoms with Crippen molar-refractivity contribution in [2.24, 2.45) is 15.2 Å². The summed E-state index contributed by atoms with van der Waals surface area (Å²) in [4.78, 5) is 16.3. The highest BCUT2D eigenvalue weighted by atomic mass is 35.5. The Labute approximate surface area is 202 Å². The average Bonchev–Trinajstić information content (AvgIpc) is 2.81. The van der Waals surface area contributed by atoms with Crippen LogP contribution in [0.3, 0.4) is 0 Å². The maximum Gasteiger partial charge on any atom is 0.416 e. The van der Waals surface area contributed by atoms with E-state index in [9.17, 15) is 18.0 Å². The highest BCUT2D eigenvalue weighted by Gasteiger charge is 2.30. The van der Waals surface area contributed by atoms with Gasteiger partial charge in [0.25, 0.3) is 5.91 Å². The van der Waals surface area contributed by atoms with Gasteiger partial charge in [0.15, 0.2) is 0 Å². The maximum absolute atomic E-state index is 13.0.